The summed E-state index contributed by atoms with van der Waals surface area (Å²) in [6, 6.07) is 2.18. The zero-order valence-electron chi connectivity index (χ0n) is 5.45. The van der Waals surface area contributed by atoms with E-state index in [0.717, 1.165) is 12.1 Å². The maximum atomic E-state index is 10.6. The van der Waals surface area contributed by atoms with Crippen LogP contribution >= 0.6 is 22.3 Å². The highest BCUT2D eigenvalue weighted by Crippen LogP contribution is 2.18. The molecule has 0 radical (unpaired) electrons. The Kier molecular flexibility index (Phi) is 2.46. The van der Waals surface area contributed by atoms with Gasteiger partial charge in [0, 0.05) is 10.7 Å². The first-order valence-electron chi connectivity index (χ1n) is 2.65. The van der Waals surface area contributed by atoms with Crippen LogP contribution in [0.5, 0.6) is 0 Å². The first kappa shape index (κ1) is 9.57. The van der Waals surface area contributed by atoms with Crippen LogP contribution in [0.25, 0.3) is 0 Å². The van der Waals surface area contributed by atoms with Gasteiger partial charge < -0.3 is 4.42 Å². The summed E-state index contributed by atoms with van der Waals surface area (Å²) < 4.78 is 25.7. The van der Waals surface area contributed by atoms with E-state index in [4.69, 9.17) is 22.3 Å². The van der Waals surface area contributed by atoms with Gasteiger partial charge >= 0.3 is 0 Å². The van der Waals surface area contributed by atoms with E-state index in [1.54, 1.807) is 0 Å². The quantitative estimate of drug-likeness (QED) is 0.722. The molecule has 0 amide bonds. The van der Waals surface area contributed by atoms with Gasteiger partial charge in [-0.1, -0.05) is 0 Å². The van der Waals surface area contributed by atoms with Gasteiger partial charge in [-0.15, -0.1) is 0 Å². The highest BCUT2D eigenvalue weighted by Gasteiger charge is 2.17. The van der Waals surface area contributed by atoms with Crippen LogP contribution in [0.1, 0.15) is 10.6 Å². The average molecular weight is 229 g/mol. The zero-order valence-corrected chi connectivity index (χ0v) is 7.78. The van der Waals surface area contributed by atoms with Crippen LogP contribution < -0.4 is 0 Å². The number of hydrogen-bond donors (Lipinski definition) is 0. The van der Waals surface area contributed by atoms with Crippen molar-refractivity contribution >= 4 is 36.6 Å². The second kappa shape index (κ2) is 3.08. The van der Waals surface area contributed by atoms with Crippen molar-refractivity contribution in [1.82, 2.24) is 0 Å². The Morgan fingerprint density at radius 2 is 2.00 bits per heavy atom. The van der Waals surface area contributed by atoms with Crippen LogP contribution in [0.2, 0.25) is 0 Å². The summed E-state index contributed by atoms with van der Waals surface area (Å²) in [5, 5.41) is -1.37. The Hall–Kier alpha value is -0.520. The minimum Gasteiger partial charge on any atom is -0.439 e. The number of carbonyl (C=O) groups is 1. The molecule has 12 heavy (non-hydrogen) atoms. The molecule has 0 saturated carbocycles. The Morgan fingerprint density at radius 1 is 1.42 bits per heavy atom. The number of hydrogen-bond acceptors (Lipinski definition) is 4. The molecule has 1 aromatic rings. The molecule has 0 unspecified atom stereocenters. The minimum absolute atomic E-state index is 0.254. The molecule has 66 valence electrons. The van der Waals surface area contributed by atoms with E-state index in [1.165, 1.54) is 0 Å². The molecule has 1 heterocycles. The lowest BCUT2D eigenvalue weighted by Crippen LogP contribution is -1.87. The predicted molar refractivity (Wildman–Crippen MR) is 41.9 cm³/mol. The van der Waals surface area contributed by atoms with Crippen molar-refractivity contribution in [3.05, 3.63) is 17.9 Å². The van der Waals surface area contributed by atoms with Crippen LogP contribution in [0.3, 0.4) is 0 Å². The van der Waals surface area contributed by atoms with Crippen molar-refractivity contribution in [3.8, 4) is 0 Å². The fraction of sp³-hybridized carbons (Fsp3) is 0. The molecule has 4 nitrogen and oxygen atoms in total. The second-order valence-corrected chi connectivity index (χ2v) is 4.67. The molecule has 7 heteroatoms. The molecule has 0 saturated heterocycles. The third-order valence-corrected chi connectivity index (χ3v) is 2.36. The van der Waals surface area contributed by atoms with Crippen molar-refractivity contribution in [3.63, 3.8) is 0 Å². The lowest BCUT2D eigenvalue weighted by molar-refractivity contribution is 0.105. The van der Waals surface area contributed by atoms with Crippen molar-refractivity contribution in [2.24, 2.45) is 0 Å². The Morgan fingerprint density at radius 3 is 2.25 bits per heavy atom. The van der Waals surface area contributed by atoms with E-state index in [1.807, 2.05) is 0 Å². The number of furan rings is 1. The van der Waals surface area contributed by atoms with Gasteiger partial charge in [-0.25, -0.2) is 8.42 Å². The van der Waals surface area contributed by atoms with Gasteiger partial charge in [0.1, 0.15) is 0 Å². The first-order chi connectivity index (χ1) is 5.41. The third kappa shape index (κ3) is 2.00. The summed E-state index contributed by atoms with van der Waals surface area (Å²) in [6.07, 6.45) is 0. The summed E-state index contributed by atoms with van der Waals surface area (Å²) in [6.45, 7) is 0. The molecule has 1 rings (SSSR count). The fourth-order valence-electron chi connectivity index (χ4n) is 0.557. The summed E-state index contributed by atoms with van der Waals surface area (Å²) >= 11 is 5.00. The van der Waals surface area contributed by atoms with Crippen LogP contribution in [0.15, 0.2) is 21.6 Å². The molecule has 0 atom stereocenters. The van der Waals surface area contributed by atoms with Crippen LogP contribution in [0.4, 0.5) is 0 Å². The van der Waals surface area contributed by atoms with Gasteiger partial charge in [0.25, 0.3) is 14.3 Å². The normalized spacial score (nSPS) is 11.5. The second-order valence-electron chi connectivity index (χ2n) is 1.83. The Labute approximate surface area is 77.5 Å². The van der Waals surface area contributed by atoms with E-state index in [0.29, 0.717) is 0 Å². The fourth-order valence-corrected chi connectivity index (χ4v) is 1.33. The SMILES string of the molecule is O=C(Cl)c1ccc(S(=O)(=O)Cl)o1. The first-order valence-corrected chi connectivity index (χ1v) is 5.34. The van der Waals surface area contributed by atoms with Crippen molar-refractivity contribution in [2.75, 3.05) is 0 Å². The lowest BCUT2D eigenvalue weighted by Gasteiger charge is -1.86. The average Bonchev–Trinajstić information content (AvgIpc) is 2.30. The van der Waals surface area contributed by atoms with Crippen molar-refractivity contribution < 1.29 is 17.6 Å². The van der Waals surface area contributed by atoms with Gasteiger partial charge in [0.2, 0.25) is 5.09 Å². The minimum atomic E-state index is -3.92. The molecule has 0 bridgehead atoms. The molecule has 0 aliphatic rings. The molecule has 0 spiro atoms. The summed E-state index contributed by atoms with van der Waals surface area (Å²) in [5.41, 5.74) is 0. The molecule has 0 N–H and O–H groups in total. The Bertz CT molecular complexity index is 405. The number of rotatable bonds is 2. The van der Waals surface area contributed by atoms with E-state index >= 15 is 0 Å². The van der Waals surface area contributed by atoms with Gasteiger partial charge in [0.15, 0.2) is 5.76 Å². The zero-order chi connectivity index (χ0) is 9.35. The van der Waals surface area contributed by atoms with Gasteiger partial charge in [-0.2, -0.15) is 0 Å². The highest BCUT2D eigenvalue weighted by atomic mass is 35.7. The number of carbonyl (C=O) groups excluding carboxylic acids is 1. The maximum Gasteiger partial charge on any atom is 0.294 e. The molecular weight excluding hydrogens is 227 g/mol. The van der Waals surface area contributed by atoms with E-state index in [9.17, 15) is 13.2 Å². The van der Waals surface area contributed by atoms with Crippen LogP contribution in [-0.2, 0) is 9.05 Å². The maximum absolute atomic E-state index is 10.6. The highest BCUT2D eigenvalue weighted by molar-refractivity contribution is 8.13. The molecule has 0 aliphatic heterocycles. The summed E-state index contributed by atoms with van der Waals surface area (Å²) in [5.74, 6) is -0.254. The predicted octanol–water partition coefficient (Wildman–Crippen LogP) is 1.59. The van der Waals surface area contributed by atoms with Crippen molar-refractivity contribution in [2.45, 2.75) is 5.09 Å². The van der Waals surface area contributed by atoms with E-state index < -0.39 is 19.4 Å². The van der Waals surface area contributed by atoms with E-state index in [2.05, 4.69) is 4.42 Å². The molecule has 0 fully saturated rings. The largest absolute Gasteiger partial charge is 0.439 e. The van der Waals surface area contributed by atoms with Gasteiger partial charge in [-0.05, 0) is 23.7 Å². The molecule has 0 aromatic carbocycles. The van der Waals surface area contributed by atoms with Crippen molar-refractivity contribution in [1.29, 1.82) is 0 Å². The number of halogens is 2. The van der Waals surface area contributed by atoms with Crippen LogP contribution in [0, 0.1) is 0 Å². The smallest absolute Gasteiger partial charge is 0.294 e. The van der Waals surface area contributed by atoms with Crippen LogP contribution in [-0.4, -0.2) is 13.7 Å². The lowest BCUT2D eigenvalue weighted by atomic mass is 10.5. The molecular formula is C5H2Cl2O4S. The Balaban J connectivity index is 3.17. The monoisotopic (exact) mass is 228 g/mol. The van der Waals surface area contributed by atoms with Gasteiger partial charge in [0.05, 0.1) is 0 Å². The van der Waals surface area contributed by atoms with E-state index in [-0.39, 0.29) is 5.76 Å². The van der Waals surface area contributed by atoms with Gasteiger partial charge in [-0.3, -0.25) is 4.79 Å². The summed E-state index contributed by atoms with van der Waals surface area (Å²) in [7, 11) is 0.980. The summed E-state index contributed by atoms with van der Waals surface area (Å²) in [4.78, 5) is 10.4. The third-order valence-electron chi connectivity index (χ3n) is 1.02. The molecule has 1 aromatic heterocycles. The molecule has 0 aliphatic carbocycles. The topological polar surface area (TPSA) is 64.3 Å². The standard InChI is InChI=1S/C5H2Cl2O4S/c6-5(8)3-1-2-4(11-3)12(7,9)10/h1-2H.